The summed E-state index contributed by atoms with van der Waals surface area (Å²) in [7, 11) is 0. The number of carboxylic acid groups (broad SMARTS) is 1. The molecule has 0 bridgehead atoms. The Balaban J connectivity index is 2.29. The van der Waals surface area contributed by atoms with Crippen LogP contribution in [-0.2, 0) is 4.79 Å². The van der Waals surface area contributed by atoms with Gasteiger partial charge in [-0.2, -0.15) is 0 Å². The van der Waals surface area contributed by atoms with Crippen molar-refractivity contribution < 1.29 is 9.90 Å². The second-order valence-corrected chi connectivity index (χ2v) is 4.85. The van der Waals surface area contributed by atoms with E-state index in [1.807, 2.05) is 18.4 Å². The Morgan fingerprint density at radius 2 is 2.36 bits per heavy atom. The molecule has 0 saturated heterocycles. The average molecular weight is 211 g/mol. The van der Waals surface area contributed by atoms with E-state index in [2.05, 4.69) is 0 Å². The van der Waals surface area contributed by atoms with Crippen LogP contribution in [0.5, 0.6) is 0 Å². The third-order valence-corrected chi connectivity index (χ3v) is 4.10. The van der Waals surface area contributed by atoms with E-state index in [4.69, 9.17) is 10.8 Å². The van der Waals surface area contributed by atoms with Crippen molar-refractivity contribution in [3.63, 3.8) is 0 Å². The molecule has 0 spiro atoms. The predicted molar refractivity (Wildman–Crippen MR) is 55.3 cm³/mol. The standard InChI is InChI=1S/C10H13NO2S/c1-6-2-5-14-7(6)8(11)10(3-4-10)9(12)13/h2,5,8H,3-4,11H2,1H3,(H,12,13). The van der Waals surface area contributed by atoms with Crippen LogP contribution in [0.2, 0.25) is 0 Å². The van der Waals surface area contributed by atoms with E-state index >= 15 is 0 Å². The zero-order chi connectivity index (χ0) is 10.3. The predicted octanol–water partition coefficient (Wildman–Crippen LogP) is 1.92. The van der Waals surface area contributed by atoms with Crippen LogP contribution in [0, 0.1) is 12.3 Å². The van der Waals surface area contributed by atoms with Gasteiger partial charge in [-0.15, -0.1) is 11.3 Å². The summed E-state index contributed by atoms with van der Waals surface area (Å²) in [6.45, 7) is 1.98. The first-order valence-electron chi connectivity index (χ1n) is 4.61. The van der Waals surface area contributed by atoms with Crippen molar-refractivity contribution in [3.8, 4) is 0 Å². The first-order valence-corrected chi connectivity index (χ1v) is 5.49. The lowest BCUT2D eigenvalue weighted by Gasteiger charge is -2.18. The van der Waals surface area contributed by atoms with Crippen molar-refractivity contribution in [1.82, 2.24) is 0 Å². The lowest BCUT2D eigenvalue weighted by Crippen LogP contribution is -2.29. The van der Waals surface area contributed by atoms with Crippen LogP contribution >= 0.6 is 11.3 Å². The fraction of sp³-hybridized carbons (Fsp3) is 0.500. The molecule has 3 nitrogen and oxygen atoms in total. The molecule has 1 aliphatic rings. The average Bonchev–Trinajstić information content (AvgIpc) is 2.84. The number of aliphatic carboxylic acids is 1. The lowest BCUT2D eigenvalue weighted by atomic mass is 9.94. The van der Waals surface area contributed by atoms with Crippen molar-refractivity contribution in [2.75, 3.05) is 0 Å². The highest BCUT2D eigenvalue weighted by Crippen LogP contribution is 2.55. The minimum Gasteiger partial charge on any atom is -0.481 e. The summed E-state index contributed by atoms with van der Waals surface area (Å²) in [6.07, 6.45) is 1.42. The van der Waals surface area contributed by atoms with E-state index in [1.165, 1.54) is 0 Å². The first kappa shape index (κ1) is 9.68. The monoisotopic (exact) mass is 211 g/mol. The number of nitrogens with two attached hydrogens (primary N) is 1. The number of hydrogen-bond acceptors (Lipinski definition) is 3. The molecule has 1 aromatic heterocycles. The maximum Gasteiger partial charge on any atom is 0.311 e. The van der Waals surface area contributed by atoms with E-state index < -0.39 is 11.4 Å². The van der Waals surface area contributed by atoms with Gasteiger partial charge in [0.25, 0.3) is 0 Å². The normalized spacial score (nSPS) is 20.4. The first-order chi connectivity index (χ1) is 6.58. The smallest absolute Gasteiger partial charge is 0.311 e. The second kappa shape index (κ2) is 3.07. The zero-order valence-corrected chi connectivity index (χ0v) is 8.80. The van der Waals surface area contributed by atoms with Gasteiger partial charge in [0.05, 0.1) is 11.5 Å². The molecular weight excluding hydrogens is 198 g/mol. The van der Waals surface area contributed by atoms with E-state index in [9.17, 15) is 4.79 Å². The minimum absolute atomic E-state index is 0.333. The minimum atomic E-state index is -0.752. The summed E-state index contributed by atoms with van der Waals surface area (Å²) in [4.78, 5) is 12.1. The second-order valence-electron chi connectivity index (χ2n) is 3.91. The molecule has 0 aromatic carbocycles. The van der Waals surface area contributed by atoms with E-state index in [1.54, 1.807) is 11.3 Å². The maximum atomic E-state index is 11.1. The SMILES string of the molecule is Cc1ccsc1C(N)C1(C(=O)O)CC1. The Bertz CT molecular complexity index is 368. The molecule has 1 fully saturated rings. The van der Waals surface area contributed by atoms with Crippen molar-refractivity contribution >= 4 is 17.3 Å². The fourth-order valence-electron chi connectivity index (χ4n) is 1.75. The van der Waals surface area contributed by atoms with E-state index in [-0.39, 0.29) is 6.04 Å². The molecule has 3 N–H and O–H groups in total. The van der Waals surface area contributed by atoms with E-state index in [0.29, 0.717) is 12.8 Å². The molecule has 0 aliphatic heterocycles. The molecule has 1 aromatic rings. The highest BCUT2D eigenvalue weighted by atomic mass is 32.1. The highest BCUT2D eigenvalue weighted by Gasteiger charge is 2.55. The molecule has 76 valence electrons. The molecular formula is C10H13NO2S. The number of thiophene rings is 1. The van der Waals surface area contributed by atoms with E-state index in [0.717, 1.165) is 10.4 Å². The number of aryl methyl sites for hydroxylation is 1. The molecule has 1 aliphatic carbocycles. The van der Waals surface area contributed by atoms with Gasteiger partial charge in [0.15, 0.2) is 0 Å². The van der Waals surface area contributed by atoms with Crippen LogP contribution in [0.15, 0.2) is 11.4 Å². The van der Waals surface area contributed by atoms with Gasteiger partial charge in [-0.25, -0.2) is 0 Å². The van der Waals surface area contributed by atoms with Crippen LogP contribution in [0.3, 0.4) is 0 Å². The molecule has 1 heterocycles. The molecule has 1 atom stereocenters. The molecule has 4 heteroatoms. The van der Waals surface area contributed by atoms with Gasteiger partial charge in [0, 0.05) is 4.88 Å². The van der Waals surface area contributed by atoms with Crippen molar-refractivity contribution in [3.05, 3.63) is 21.9 Å². The summed E-state index contributed by atoms with van der Waals surface area (Å²) >= 11 is 1.55. The van der Waals surface area contributed by atoms with Crippen LogP contribution in [-0.4, -0.2) is 11.1 Å². The Morgan fingerprint density at radius 3 is 2.71 bits per heavy atom. The van der Waals surface area contributed by atoms with Crippen LogP contribution < -0.4 is 5.73 Å². The van der Waals surface area contributed by atoms with Crippen molar-refractivity contribution in [2.24, 2.45) is 11.1 Å². The number of rotatable bonds is 3. The summed E-state index contributed by atoms with van der Waals surface area (Å²) in [5, 5.41) is 11.0. The fourth-order valence-corrected chi connectivity index (χ4v) is 2.79. The van der Waals surface area contributed by atoms with Crippen molar-refractivity contribution in [1.29, 1.82) is 0 Å². The quantitative estimate of drug-likeness (QED) is 0.802. The van der Waals surface area contributed by atoms with Gasteiger partial charge >= 0.3 is 5.97 Å². The van der Waals surface area contributed by atoms with Gasteiger partial charge in [0.1, 0.15) is 0 Å². The summed E-state index contributed by atoms with van der Waals surface area (Å²) in [5.74, 6) is -0.752. The largest absolute Gasteiger partial charge is 0.481 e. The molecule has 1 unspecified atom stereocenters. The van der Waals surface area contributed by atoms with Gasteiger partial charge in [-0.1, -0.05) is 0 Å². The van der Waals surface area contributed by atoms with Gasteiger partial charge in [-0.05, 0) is 36.8 Å². The number of carboxylic acids is 1. The number of carbonyl (C=O) groups is 1. The molecule has 14 heavy (non-hydrogen) atoms. The Kier molecular flexibility index (Phi) is 2.12. The Hall–Kier alpha value is -0.870. The van der Waals surface area contributed by atoms with Crippen molar-refractivity contribution in [2.45, 2.75) is 25.8 Å². The maximum absolute atomic E-state index is 11.1. The zero-order valence-electron chi connectivity index (χ0n) is 7.99. The lowest BCUT2D eigenvalue weighted by molar-refractivity contribution is -0.144. The number of hydrogen-bond donors (Lipinski definition) is 2. The molecule has 0 radical (unpaired) electrons. The van der Waals surface area contributed by atoms with Crippen LogP contribution in [0.1, 0.15) is 29.3 Å². The summed E-state index contributed by atoms with van der Waals surface area (Å²) < 4.78 is 0. The van der Waals surface area contributed by atoms with Crippen LogP contribution in [0.4, 0.5) is 0 Å². The van der Waals surface area contributed by atoms with Gasteiger partial charge < -0.3 is 10.8 Å². The summed E-state index contributed by atoms with van der Waals surface area (Å²) in [5.41, 5.74) is 6.45. The van der Waals surface area contributed by atoms with Crippen LogP contribution in [0.25, 0.3) is 0 Å². The molecule has 1 saturated carbocycles. The third-order valence-electron chi connectivity index (χ3n) is 2.99. The van der Waals surface area contributed by atoms with Gasteiger partial charge in [0.2, 0.25) is 0 Å². The third kappa shape index (κ3) is 1.26. The highest BCUT2D eigenvalue weighted by molar-refractivity contribution is 7.10. The Morgan fingerprint density at radius 1 is 1.71 bits per heavy atom. The van der Waals surface area contributed by atoms with Gasteiger partial charge in [-0.3, -0.25) is 4.79 Å². The topological polar surface area (TPSA) is 63.3 Å². The molecule has 0 amide bonds. The molecule has 2 rings (SSSR count). The summed E-state index contributed by atoms with van der Waals surface area (Å²) in [6, 6.07) is 1.65. The Labute approximate surface area is 86.6 Å².